The van der Waals surface area contributed by atoms with Crippen LogP contribution in [0.2, 0.25) is 0 Å². The van der Waals surface area contributed by atoms with E-state index >= 15 is 0 Å². The number of H-pyrrole nitrogens is 1. The molecule has 0 saturated heterocycles. The van der Waals surface area contributed by atoms with Crippen LogP contribution in [0.25, 0.3) is 0 Å². The first-order valence-corrected chi connectivity index (χ1v) is 4.46. The second kappa shape index (κ2) is 4.74. The maximum absolute atomic E-state index is 11.3. The molecule has 1 aromatic rings. The van der Waals surface area contributed by atoms with Crippen LogP contribution >= 0.6 is 0 Å². The summed E-state index contributed by atoms with van der Waals surface area (Å²) in [7, 11) is 1.49. The fourth-order valence-electron chi connectivity index (χ4n) is 1.17. The van der Waals surface area contributed by atoms with Crippen LogP contribution in [0, 0.1) is 0 Å². The first kappa shape index (κ1) is 11.4. The summed E-state index contributed by atoms with van der Waals surface area (Å²) in [6.07, 6.45) is -0.471. The Bertz CT molecular complexity index is 395. The van der Waals surface area contributed by atoms with Gasteiger partial charge < -0.3 is 9.84 Å². The molecular formula is C8H13N3O4. The quantitative estimate of drug-likeness (QED) is 0.706. The molecule has 0 aliphatic rings. The Labute approximate surface area is 85.7 Å². The van der Waals surface area contributed by atoms with Crippen molar-refractivity contribution in [2.45, 2.75) is 26.0 Å². The Morgan fingerprint density at radius 2 is 2.40 bits per heavy atom. The summed E-state index contributed by atoms with van der Waals surface area (Å²) in [5.41, 5.74) is -0.421. The minimum atomic E-state index is -0.959. The Kier molecular flexibility index (Phi) is 3.62. The summed E-state index contributed by atoms with van der Waals surface area (Å²) in [5.74, 6) is -0.553. The maximum Gasteiger partial charge on any atom is 0.343 e. The van der Waals surface area contributed by atoms with Crippen LogP contribution in [0.4, 0.5) is 0 Å². The van der Waals surface area contributed by atoms with Gasteiger partial charge in [-0.2, -0.15) is 5.10 Å². The number of aromatic amines is 1. The smallest absolute Gasteiger partial charge is 0.343 e. The Hall–Kier alpha value is -1.63. The van der Waals surface area contributed by atoms with Crippen molar-refractivity contribution in [1.82, 2.24) is 14.8 Å². The van der Waals surface area contributed by atoms with Crippen LogP contribution in [0.3, 0.4) is 0 Å². The third-order valence-electron chi connectivity index (χ3n) is 2.05. The van der Waals surface area contributed by atoms with Crippen LogP contribution in [0.15, 0.2) is 4.79 Å². The number of ether oxygens (including phenoxy) is 1. The van der Waals surface area contributed by atoms with Crippen molar-refractivity contribution in [3.63, 3.8) is 0 Å². The molecule has 1 aromatic heterocycles. The van der Waals surface area contributed by atoms with E-state index in [1.54, 1.807) is 6.92 Å². The highest BCUT2D eigenvalue weighted by Crippen LogP contribution is 2.10. The van der Waals surface area contributed by atoms with Crippen molar-refractivity contribution in [3.8, 4) is 0 Å². The number of hydrogen-bond acceptors (Lipinski definition) is 4. The van der Waals surface area contributed by atoms with Gasteiger partial charge in [-0.3, -0.25) is 9.36 Å². The van der Waals surface area contributed by atoms with E-state index < -0.39 is 11.7 Å². The lowest BCUT2D eigenvalue weighted by molar-refractivity contribution is -0.137. The molecule has 7 heteroatoms. The molecule has 1 atom stereocenters. The minimum absolute atomic E-state index is 0.0910. The summed E-state index contributed by atoms with van der Waals surface area (Å²) < 4.78 is 6.27. The number of rotatable bonds is 5. The van der Waals surface area contributed by atoms with Crippen molar-refractivity contribution in [2.75, 3.05) is 7.11 Å². The summed E-state index contributed by atoms with van der Waals surface area (Å²) >= 11 is 0. The lowest BCUT2D eigenvalue weighted by Crippen LogP contribution is -2.21. The van der Waals surface area contributed by atoms with Crippen molar-refractivity contribution < 1.29 is 14.6 Å². The Balaban J connectivity index is 2.89. The van der Waals surface area contributed by atoms with Crippen LogP contribution in [0.1, 0.15) is 25.3 Å². The number of nitrogens with one attached hydrogen (secondary N) is 1. The molecule has 0 aromatic carbocycles. The van der Waals surface area contributed by atoms with E-state index in [9.17, 15) is 9.59 Å². The molecule has 0 saturated carbocycles. The van der Waals surface area contributed by atoms with Gasteiger partial charge in [-0.15, -0.1) is 0 Å². The lowest BCUT2D eigenvalue weighted by atomic mass is 10.3. The number of aromatic nitrogens is 3. The predicted molar refractivity (Wildman–Crippen MR) is 50.5 cm³/mol. The molecule has 2 N–H and O–H groups in total. The van der Waals surface area contributed by atoms with Crippen molar-refractivity contribution in [3.05, 3.63) is 16.3 Å². The molecule has 84 valence electrons. The van der Waals surface area contributed by atoms with Gasteiger partial charge in [0.2, 0.25) is 0 Å². The Morgan fingerprint density at radius 1 is 1.73 bits per heavy atom. The first-order chi connectivity index (χ1) is 7.06. The second-order valence-corrected chi connectivity index (χ2v) is 3.06. The maximum atomic E-state index is 11.3. The van der Waals surface area contributed by atoms with E-state index in [0.29, 0.717) is 5.82 Å². The highest BCUT2D eigenvalue weighted by atomic mass is 16.5. The Morgan fingerprint density at radius 3 is 2.93 bits per heavy atom. The van der Waals surface area contributed by atoms with Gasteiger partial charge in [-0.25, -0.2) is 9.89 Å². The van der Waals surface area contributed by atoms with Gasteiger partial charge in [0.25, 0.3) is 0 Å². The number of carboxylic acid groups (broad SMARTS) is 1. The number of hydrogen-bond donors (Lipinski definition) is 2. The standard InChI is InChI=1S/C8H13N3O4/c1-5(15-2)7-9-10-8(14)11(7)4-3-6(12)13/h5H,3-4H2,1-2H3,(H,10,14)(H,12,13)/t5-/m1/s1. The van der Waals surface area contributed by atoms with Crippen LogP contribution in [0.5, 0.6) is 0 Å². The van der Waals surface area contributed by atoms with Gasteiger partial charge in [-0.05, 0) is 6.92 Å². The SMILES string of the molecule is CO[C@H](C)c1n[nH]c(=O)n1CCC(=O)O. The number of nitrogens with zero attached hydrogens (tertiary/aromatic N) is 2. The predicted octanol–water partition coefficient (Wildman–Crippen LogP) is -0.247. The van der Waals surface area contributed by atoms with Gasteiger partial charge in [-0.1, -0.05) is 0 Å². The zero-order valence-corrected chi connectivity index (χ0v) is 8.56. The zero-order chi connectivity index (χ0) is 11.4. The van der Waals surface area contributed by atoms with Crippen LogP contribution < -0.4 is 5.69 Å². The van der Waals surface area contributed by atoms with E-state index in [1.807, 2.05) is 0 Å². The average Bonchev–Trinajstić information content (AvgIpc) is 2.55. The molecule has 0 bridgehead atoms. The van der Waals surface area contributed by atoms with Gasteiger partial charge in [0, 0.05) is 13.7 Å². The van der Waals surface area contributed by atoms with Gasteiger partial charge in [0.15, 0.2) is 5.82 Å². The molecule has 0 aliphatic carbocycles. The molecule has 0 fully saturated rings. The highest BCUT2D eigenvalue weighted by molar-refractivity contribution is 5.66. The summed E-state index contributed by atoms with van der Waals surface area (Å²) in [5, 5.41) is 14.5. The monoisotopic (exact) mass is 215 g/mol. The molecule has 0 aliphatic heterocycles. The largest absolute Gasteiger partial charge is 0.481 e. The number of methoxy groups -OCH3 is 1. The number of aliphatic carboxylic acids is 1. The van der Waals surface area contributed by atoms with Gasteiger partial charge in [0.1, 0.15) is 6.10 Å². The van der Waals surface area contributed by atoms with E-state index in [2.05, 4.69) is 10.2 Å². The van der Waals surface area contributed by atoms with Crippen LogP contribution in [-0.4, -0.2) is 33.0 Å². The fourth-order valence-corrected chi connectivity index (χ4v) is 1.17. The molecule has 7 nitrogen and oxygen atoms in total. The van der Waals surface area contributed by atoms with E-state index in [1.165, 1.54) is 11.7 Å². The van der Waals surface area contributed by atoms with Crippen molar-refractivity contribution in [2.24, 2.45) is 0 Å². The molecule has 0 radical (unpaired) electrons. The minimum Gasteiger partial charge on any atom is -0.481 e. The summed E-state index contributed by atoms with van der Waals surface area (Å²) in [4.78, 5) is 21.6. The van der Waals surface area contributed by atoms with E-state index in [-0.39, 0.29) is 19.1 Å². The molecule has 0 unspecified atom stereocenters. The topological polar surface area (TPSA) is 97.2 Å². The van der Waals surface area contributed by atoms with Crippen molar-refractivity contribution >= 4 is 5.97 Å². The lowest BCUT2D eigenvalue weighted by Gasteiger charge is -2.09. The van der Waals surface area contributed by atoms with E-state index in [0.717, 1.165) is 0 Å². The highest BCUT2D eigenvalue weighted by Gasteiger charge is 2.15. The van der Waals surface area contributed by atoms with E-state index in [4.69, 9.17) is 9.84 Å². The summed E-state index contributed by atoms with van der Waals surface area (Å²) in [6.45, 7) is 1.82. The number of carbonyl (C=O) groups is 1. The first-order valence-electron chi connectivity index (χ1n) is 4.46. The normalized spacial score (nSPS) is 12.7. The second-order valence-electron chi connectivity index (χ2n) is 3.06. The molecule has 1 heterocycles. The zero-order valence-electron chi connectivity index (χ0n) is 8.56. The average molecular weight is 215 g/mol. The third kappa shape index (κ3) is 2.66. The van der Waals surface area contributed by atoms with Gasteiger partial charge in [0.05, 0.1) is 6.42 Å². The molecule has 0 spiro atoms. The van der Waals surface area contributed by atoms with Gasteiger partial charge >= 0.3 is 11.7 Å². The third-order valence-corrected chi connectivity index (χ3v) is 2.05. The molecule has 0 amide bonds. The molecule has 1 rings (SSSR count). The fraction of sp³-hybridized carbons (Fsp3) is 0.625. The van der Waals surface area contributed by atoms with Crippen molar-refractivity contribution in [1.29, 1.82) is 0 Å². The molecular weight excluding hydrogens is 202 g/mol. The number of carboxylic acids is 1. The molecule has 15 heavy (non-hydrogen) atoms. The van der Waals surface area contributed by atoms with Crippen LogP contribution in [-0.2, 0) is 16.1 Å². The summed E-state index contributed by atoms with van der Waals surface area (Å²) in [6, 6.07) is 0.